The van der Waals surface area contributed by atoms with Gasteiger partial charge in [0.05, 0.1) is 17.8 Å². The van der Waals surface area contributed by atoms with Crippen molar-refractivity contribution in [2.24, 2.45) is 5.41 Å². The molecule has 0 aliphatic carbocycles. The van der Waals surface area contributed by atoms with Gasteiger partial charge in [0.25, 0.3) is 0 Å². The van der Waals surface area contributed by atoms with E-state index in [0.717, 1.165) is 25.7 Å². The number of ketones is 1. The zero-order valence-corrected chi connectivity index (χ0v) is 17.2. The van der Waals surface area contributed by atoms with Crippen molar-refractivity contribution in [1.29, 1.82) is 0 Å². The lowest BCUT2D eigenvalue weighted by atomic mass is 9.82. The molecule has 0 fully saturated rings. The molecule has 0 unspecified atom stereocenters. The van der Waals surface area contributed by atoms with E-state index in [2.05, 4.69) is 20.8 Å². The van der Waals surface area contributed by atoms with Crippen LogP contribution in [0.4, 0.5) is 0 Å². The van der Waals surface area contributed by atoms with Gasteiger partial charge in [-0.15, -0.1) is 0 Å². The summed E-state index contributed by atoms with van der Waals surface area (Å²) < 4.78 is 11.1. The van der Waals surface area contributed by atoms with Crippen molar-refractivity contribution < 1.29 is 19.1 Å². The highest BCUT2D eigenvalue weighted by Crippen LogP contribution is 2.25. The number of ether oxygens (including phenoxy) is 2. The van der Waals surface area contributed by atoms with Crippen LogP contribution in [0.25, 0.3) is 0 Å². The molecule has 0 aromatic heterocycles. The Balaban J connectivity index is 2.41. The number of hydrogen-bond acceptors (Lipinski definition) is 4. The van der Waals surface area contributed by atoms with E-state index in [4.69, 9.17) is 9.47 Å². The first-order chi connectivity index (χ1) is 12.1. The lowest BCUT2D eigenvalue weighted by Gasteiger charge is -2.23. The summed E-state index contributed by atoms with van der Waals surface area (Å²) in [7, 11) is 0. The maximum absolute atomic E-state index is 12.4. The van der Waals surface area contributed by atoms with Crippen molar-refractivity contribution in [2.75, 3.05) is 13.2 Å². The summed E-state index contributed by atoms with van der Waals surface area (Å²) in [5.41, 5.74) is 0.613. The molecular formula is C22H34O4. The summed E-state index contributed by atoms with van der Waals surface area (Å²) in [6.45, 7) is 13.2. The number of carbonyl (C=O) groups excluding carboxylic acids is 2. The van der Waals surface area contributed by atoms with Crippen molar-refractivity contribution in [1.82, 2.24) is 0 Å². The van der Waals surface area contributed by atoms with Crippen LogP contribution in [0, 0.1) is 5.41 Å². The quantitative estimate of drug-likeness (QED) is 0.298. The summed E-state index contributed by atoms with van der Waals surface area (Å²) in [4.78, 5) is 24.5. The summed E-state index contributed by atoms with van der Waals surface area (Å²) in [5.74, 6) is -0.261. The minimum atomic E-state index is -0.392. The van der Waals surface area contributed by atoms with Crippen molar-refractivity contribution in [3.8, 4) is 0 Å². The Morgan fingerprint density at radius 2 is 1.38 bits per heavy atom. The second-order valence-electron chi connectivity index (χ2n) is 7.95. The molecule has 1 aromatic carbocycles. The van der Waals surface area contributed by atoms with Gasteiger partial charge < -0.3 is 9.47 Å². The Hall–Kier alpha value is -1.68. The van der Waals surface area contributed by atoms with Gasteiger partial charge in [-0.2, -0.15) is 0 Å². The fourth-order valence-corrected chi connectivity index (χ4v) is 2.21. The topological polar surface area (TPSA) is 52.6 Å². The maximum Gasteiger partial charge on any atom is 0.338 e. The van der Waals surface area contributed by atoms with Gasteiger partial charge in [-0.05, 0) is 51.7 Å². The maximum atomic E-state index is 12.4. The molecule has 0 atom stereocenters. The summed E-state index contributed by atoms with van der Waals surface area (Å²) in [6, 6.07) is 6.73. The number of carbonyl (C=O) groups is 2. The first-order valence-electron chi connectivity index (χ1n) is 9.59. The Morgan fingerprint density at radius 1 is 0.846 bits per heavy atom. The molecule has 0 N–H and O–H groups in total. The highest BCUT2D eigenvalue weighted by Gasteiger charge is 2.26. The largest absolute Gasteiger partial charge is 0.462 e. The van der Waals surface area contributed by atoms with Gasteiger partial charge in [0.15, 0.2) is 5.78 Å². The van der Waals surface area contributed by atoms with E-state index in [9.17, 15) is 9.59 Å². The van der Waals surface area contributed by atoms with E-state index in [1.165, 1.54) is 0 Å². The van der Waals surface area contributed by atoms with Crippen LogP contribution in [0.5, 0.6) is 0 Å². The van der Waals surface area contributed by atoms with E-state index in [1.807, 2.05) is 20.8 Å². The number of rotatable bonds is 11. The van der Waals surface area contributed by atoms with Gasteiger partial charge >= 0.3 is 5.97 Å². The van der Waals surface area contributed by atoms with Crippen LogP contribution in [0.3, 0.4) is 0 Å². The second kappa shape index (κ2) is 9.86. The fraction of sp³-hybridized carbons (Fsp3) is 0.636. The molecule has 26 heavy (non-hydrogen) atoms. The predicted octanol–water partition coefficient (Wildman–Crippen LogP) is 5.45. The normalized spacial score (nSPS) is 12.1. The van der Waals surface area contributed by atoms with Crippen molar-refractivity contribution in [3.63, 3.8) is 0 Å². The van der Waals surface area contributed by atoms with E-state index in [0.29, 0.717) is 24.3 Å². The van der Waals surface area contributed by atoms with Crippen LogP contribution >= 0.6 is 0 Å². The smallest absolute Gasteiger partial charge is 0.338 e. The van der Waals surface area contributed by atoms with E-state index < -0.39 is 5.41 Å². The standard InChI is InChI=1S/C22H34O4/c1-7-21(3,4)19(23)17-11-13-18(14-12-17)20(24)25-15-9-10-16-26-22(5,6)8-2/h11-14H,7-10,15-16H2,1-6H3. The molecule has 0 amide bonds. The Bertz CT molecular complexity index is 585. The van der Waals surface area contributed by atoms with Gasteiger partial charge in [0.2, 0.25) is 0 Å². The molecule has 146 valence electrons. The van der Waals surface area contributed by atoms with Crippen LogP contribution in [0.15, 0.2) is 24.3 Å². The molecular weight excluding hydrogens is 328 g/mol. The second-order valence-corrected chi connectivity index (χ2v) is 7.95. The summed E-state index contributed by atoms with van der Waals surface area (Å²) in [5, 5.41) is 0. The van der Waals surface area contributed by atoms with Crippen molar-refractivity contribution >= 4 is 11.8 Å². The molecule has 0 bridgehead atoms. The van der Waals surface area contributed by atoms with Crippen LogP contribution in [-0.2, 0) is 9.47 Å². The minimum Gasteiger partial charge on any atom is -0.462 e. The molecule has 1 aromatic rings. The Kier molecular flexibility index (Phi) is 8.48. The summed E-state index contributed by atoms with van der Waals surface area (Å²) >= 11 is 0. The molecule has 0 spiro atoms. The van der Waals surface area contributed by atoms with Crippen LogP contribution < -0.4 is 0 Å². The molecule has 0 radical (unpaired) electrons. The van der Waals surface area contributed by atoms with Crippen LogP contribution in [0.2, 0.25) is 0 Å². The summed E-state index contributed by atoms with van der Waals surface area (Å²) in [6.07, 6.45) is 3.37. The third kappa shape index (κ3) is 6.91. The fourth-order valence-electron chi connectivity index (χ4n) is 2.21. The molecule has 1 rings (SSSR count). The third-order valence-electron chi connectivity index (χ3n) is 5.00. The van der Waals surface area contributed by atoms with Gasteiger partial charge in [0, 0.05) is 17.6 Å². The molecule has 0 heterocycles. The zero-order chi connectivity index (χ0) is 19.8. The van der Waals surface area contributed by atoms with E-state index >= 15 is 0 Å². The number of hydrogen-bond donors (Lipinski definition) is 0. The monoisotopic (exact) mass is 362 g/mol. The van der Waals surface area contributed by atoms with Gasteiger partial charge in [-0.3, -0.25) is 4.79 Å². The lowest BCUT2D eigenvalue weighted by molar-refractivity contribution is -0.0232. The number of benzene rings is 1. The first kappa shape index (κ1) is 22.4. The lowest BCUT2D eigenvalue weighted by Crippen LogP contribution is -2.23. The molecule has 0 aliphatic rings. The van der Waals surface area contributed by atoms with E-state index in [-0.39, 0.29) is 17.4 Å². The predicted molar refractivity (Wildman–Crippen MR) is 105 cm³/mol. The Labute approximate surface area is 158 Å². The minimum absolute atomic E-state index is 0.0925. The van der Waals surface area contributed by atoms with Crippen LogP contribution in [0.1, 0.15) is 87.9 Å². The van der Waals surface area contributed by atoms with Gasteiger partial charge in [0.1, 0.15) is 0 Å². The van der Waals surface area contributed by atoms with Gasteiger partial charge in [-0.25, -0.2) is 4.79 Å². The average molecular weight is 363 g/mol. The highest BCUT2D eigenvalue weighted by atomic mass is 16.5. The number of unbranched alkanes of at least 4 members (excludes halogenated alkanes) is 1. The van der Waals surface area contributed by atoms with Crippen LogP contribution in [-0.4, -0.2) is 30.6 Å². The highest BCUT2D eigenvalue weighted by molar-refractivity contribution is 6.00. The number of esters is 1. The molecule has 4 heteroatoms. The van der Waals surface area contributed by atoms with E-state index in [1.54, 1.807) is 24.3 Å². The molecule has 0 aliphatic heterocycles. The average Bonchev–Trinajstić information content (AvgIpc) is 2.63. The SMILES string of the molecule is CCC(C)(C)OCCCCOC(=O)c1ccc(C(=O)C(C)(C)CC)cc1. The zero-order valence-electron chi connectivity index (χ0n) is 17.2. The third-order valence-corrected chi connectivity index (χ3v) is 5.00. The number of Topliss-reactive ketones (excluding diaryl/α,β-unsaturated/α-hetero) is 1. The van der Waals surface area contributed by atoms with Crippen molar-refractivity contribution in [2.45, 2.75) is 72.8 Å². The van der Waals surface area contributed by atoms with Crippen molar-refractivity contribution in [3.05, 3.63) is 35.4 Å². The molecule has 0 saturated carbocycles. The molecule has 4 nitrogen and oxygen atoms in total. The first-order valence-corrected chi connectivity index (χ1v) is 9.59. The van der Waals surface area contributed by atoms with Gasteiger partial charge in [-0.1, -0.05) is 39.8 Å². The molecule has 0 saturated heterocycles. The Morgan fingerprint density at radius 3 is 1.92 bits per heavy atom.